The van der Waals surface area contributed by atoms with E-state index in [0.29, 0.717) is 0 Å². The van der Waals surface area contributed by atoms with E-state index in [9.17, 15) is 0 Å². The Morgan fingerprint density at radius 2 is 2.07 bits per heavy atom. The van der Waals surface area contributed by atoms with Gasteiger partial charge in [-0.05, 0) is 18.2 Å². The highest BCUT2D eigenvalue weighted by atomic mass is 15.2. The fraction of sp³-hybridized carbons (Fsp3) is 0.167. The van der Waals surface area contributed by atoms with Crippen molar-refractivity contribution in [1.82, 2.24) is 4.57 Å². The second-order valence-corrected chi connectivity index (χ2v) is 3.70. The molecule has 0 fully saturated rings. The highest BCUT2D eigenvalue weighted by Gasteiger charge is 2.12. The zero-order valence-electron chi connectivity index (χ0n) is 8.14. The molecule has 2 heterocycles. The van der Waals surface area contributed by atoms with Gasteiger partial charge in [0.05, 0.1) is 5.52 Å². The lowest BCUT2D eigenvalue weighted by Crippen LogP contribution is -2.21. The van der Waals surface area contributed by atoms with E-state index in [1.165, 1.54) is 16.7 Å². The molecule has 0 saturated heterocycles. The van der Waals surface area contributed by atoms with Crippen LogP contribution in [0.25, 0.3) is 17.1 Å². The maximum absolute atomic E-state index is 2.25. The van der Waals surface area contributed by atoms with Crippen molar-refractivity contribution in [2.45, 2.75) is 0 Å². The van der Waals surface area contributed by atoms with Crippen LogP contribution < -0.4 is 4.90 Å². The van der Waals surface area contributed by atoms with Gasteiger partial charge in [-0.15, -0.1) is 0 Å². The first kappa shape index (κ1) is 7.68. The number of benzene rings is 1. The normalized spacial score (nSPS) is 14.8. The number of hydrogen-bond acceptors (Lipinski definition) is 1. The van der Waals surface area contributed by atoms with E-state index in [2.05, 4.69) is 59.1 Å². The van der Waals surface area contributed by atoms with E-state index in [4.69, 9.17) is 0 Å². The quantitative estimate of drug-likeness (QED) is 0.611. The molecule has 2 heteroatoms. The van der Waals surface area contributed by atoms with Crippen molar-refractivity contribution >= 4 is 22.9 Å². The highest BCUT2D eigenvalue weighted by molar-refractivity contribution is 5.88. The molecule has 0 atom stereocenters. The Bertz CT molecular complexity index is 508. The number of hydrogen-bond donors (Lipinski definition) is 0. The molecule has 0 N–H and O–H groups in total. The standard InChI is InChI=1S/C12H12N2/c1-13-7-4-8-14-11-6-3-2-5-10(11)9-12(13)14/h2-6,8-9H,7H2,1H3. The Balaban J connectivity index is 2.39. The molecule has 0 unspecified atom stereocenters. The molecule has 1 aromatic carbocycles. The summed E-state index contributed by atoms with van der Waals surface area (Å²) >= 11 is 0. The molecule has 1 aliphatic heterocycles. The first-order valence-electron chi connectivity index (χ1n) is 4.84. The topological polar surface area (TPSA) is 8.17 Å². The Morgan fingerprint density at radius 3 is 3.00 bits per heavy atom. The van der Waals surface area contributed by atoms with E-state index in [0.717, 1.165) is 6.54 Å². The van der Waals surface area contributed by atoms with Gasteiger partial charge < -0.3 is 9.47 Å². The summed E-state index contributed by atoms with van der Waals surface area (Å²) in [4.78, 5) is 2.25. The first-order valence-corrected chi connectivity index (χ1v) is 4.84. The van der Waals surface area contributed by atoms with E-state index >= 15 is 0 Å². The zero-order chi connectivity index (χ0) is 9.54. The SMILES string of the molecule is CN1CC=Cn2c1cc1ccccc12. The average Bonchev–Trinajstić information content (AvgIpc) is 2.59. The average molecular weight is 184 g/mol. The van der Waals surface area contributed by atoms with Crippen LogP contribution in [0.5, 0.6) is 0 Å². The molecule has 0 amide bonds. The second-order valence-electron chi connectivity index (χ2n) is 3.70. The van der Waals surface area contributed by atoms with Gasteiger partial charge in [-0.2, -0.15) is 0 Å². The molecule has 0 bridgehead atoms. The van der Waals surface area contributed by atoms with Crippen LogP contribution in [-0.2, 0) is 0 Å². The molecular weight excluding hydrogens is 172 g/mol. The van der Waals surface area contributed by atoms with Crippen LogP contribution in [-0.4, -0.2) is 18.2 Å². The van der Waals surface area contributed by atoms with Crippen LogP contribution in [0.15, 0.2) is 36.4 Å². The number of rotatable bonds is 0. The largest absolute Gasteiger partial charge is 0.357 e. The van der Waals surface area contributed by atoms with Crippen LogP contribution in [0, 0.1) is 0 Å². The summed E-state index contributed by atoms with van der Waals surface area (Å²) in [7, 11) is 2.12. The smallest absolute Gasteiger partial charge is 0.113 e. The molecular formula is C12H12N2. The van der Waals surface area contributed by atoms with Crippen molar-refractivity contribution in [3.63, 3.8) is 0 Å². The molecule has 2 nitrogen and oxygen atoms in total. The predicted molar refractivity (Wildman–Crippen MR) is 60.5 cm³/mol. The maximum Gasteiger partial charge on any atom is 0.113 e. The lowest BCUT2D eigenvalue weighted by atomic mass is 10.2. The van der Waals surface area contributed by atoms with E-state index < -0.39 is 0 Å². The number of aromatic nitrogens is 1. The van der Waals surface area contributed by atoms with E-state index in [1.807, 2.05) is 0 Å². The minimum Gasteiger partial charge on any atom is -0.357 e. The minimum absolute atomic E-state index is 0.996. The van der Waals surface area contributed by atoms with Gasteiger partial charge in [0.1, 0.15) is 5.82 Å². The minimum atomic E-state index is 0.996. The van der Waals surface area contributed by atoms with Crippen molar-refractivity contribution in [3.05, 3.63) is 36.4 Å². The molecule has 0 spiro atoms. The molecule has 1 aliphatic rings. The molecule has 0 aliphatic carbocycles. The molecule has 1 aromatic heterocycles. The summed E-state index contributed by atoms with van der Waals surface area (Å²) in [6.45, 7) is 0.996. The number of para-hydroxylation sites is 1. The van der Waals surface area contributed by atoms with Crippen molar-refractivity contribution in [3.8, 4) is 0 Å². The van der Waals surface area contributed by atoms with Crippen LogP contribution >= 0.6 is 0 Å². The molecule has 3 rings (SSSR count). The Labute approximate surface area is 83.1 Å². The van der Waals surface area contributed by atoms with Crippen molar-refractivity contribution in [2.75, 3.05) is 18.5 Å². The summed E-state index contributed by atoms with van der Waals surface area (Å²) in [6.07, 6.45) is 4.33. The molecule has 2 aromatic rings. The van der Waals surface area contributed by atoms with Crippen LogP contribution in [0.2, 0.25) is 0 Å². The third kappa shape index (κ3) is 0.909. The van der Waals surface area contributed by atoms with Gasteiger partial charge in [0.25, 0.3) is 0 Å². The first-order chi connectivity index (χ1) is 6.86. The lowest BCUT2D eigenvalue weighted by molar-refractivity contribution is 0.946. The van der Waals surface area contributed by atoms with Gasteiger partial charge in [0, 0.05) is 25.2 Å². The second kappa shape index (κ2) is 2.64. The molecule has 70 valence electrons. The van der Waals surface area contributed by atoms with Gasteiger partial charge in [0.15, 0.2) is 0 Å². The monoisotopic (exact) mass is 184 g/mol. The molecule has 14 heavy (non-hydrogen) atoms. The fourth-order valence-corrected chi connectivity index (χ4v) is 2.02. The molecule has 0 saturated carbocycles. The zero-order valence-corrected chi connectivity index (χ0v) is 8.14. The summed E-state index contributed by atoms with van der Waals surface area (Å²) in [5, 5.41) is 1.31. The lowest BCUT2D eigenvalue weighted by Gasteiger charge is -2.22. The van der Waals surface area contributed by atoms with Crippen LogP contribution in [0.1, 0.15) is 0 Å². The number of fused-ring (bicyclic) bond motifs is 3. The number of nitrogens with zero attached hydrogens (tertiary/aromatic N) is 2. The third-order valence-corrected chi connectivity index (χ3v) is 2.75. The highest BCUT2D eigenvalue weighted by Crippen LogP contribution is 2.27. The summed E-state index contributed by atoms with van der Waals surface area (Å²) in [5.41, 5.74) is 1.28. The van der Waals surface area contributed by atoms with Crippen molar-refractivity contribution in [1.29, 1.82) is 0 Å². The van der Waals surface area contributed by atoms with Gasteiger partial charge in [-0.25, -0.2) is 0 Å². The van der Waals surface area contributed by atoms with Crippen molar-refractivity contribution < 1.29 is 0 Å². The predicted octanol–water partition coefficient (Wildman–Crippen LogP) is 2.56. The number of anilines is 1. The summed E-state index contributed by atoms with van der Waals surface area (Å²) in [6, 6.07) is 10.7. The van der Waals surface area contributed by atoms with E-state index in [-0.39, 0.29) is 0 Å². The molecule has 0 radical (unpaired) electrons. The number of likely N-dealkylation sites (N-methyl/N-ethyl adjacent to an activating group) is 1. The maximum atomic E-state index is 2.25. The van der Waals surface area contributed by atoms with Gasteiger partial charge in [-0.3, -0.25) is 0 Å². The summed E-state index contributed by atoms with van der Waals surface area (Å²) < 4.78 is 2.23. The Hall–Kier alpha value is -1.70. The van der Waals surface area contributed by atoms with Crippen LogP contribution in [0.3, 0.4) is 0 Å². The van der Waals surface area contributed by atoms with Crippen molar-refractivity contribution in [2.24, 2.45) is 0 Å². The van der Waals surface area contributed by atoms with E-state index in [1.54, 1.807) is 0 Å². The van der Waals surface area contributed by atoms with Crippen LogP contribution in [0.4, 0.5) is 5.82 Å². The Kier molecular flexibility index (Phi) is 1.45. The van der Waals surface area contributed by atoms with Gasteiger partial charge in [-0.1, -0.05) is 18.2 Å². The third-order valence-electron chi connectivity index (χ3n) is 2.75. The fourth-order valence-electron chi connectivity index (χ4n) is 2.02. The van der Waals surface area contributed by atoms with Gasteiger partial charge >= 0.3 is 0 Å². The van der Waals surface area contributed by atoms with Gasteiger partial charge in [0.2, 0.25) is 0 Å². The summed E-state index contributed by atoms with van der Waals surface area (Å²) in [5.74, 6) is 1.27. The Morgan fingerprint density at radius 1 is 1.21 bits per heavy atom.